The molecule has 1 heterocycles. The zero-order chi connectivity index (χ0) is 15.6. The SMILES string of the molecule is CC(C)(C)c1ccc(N(C=O)c2ccc(F)nc2F)cc1. The van der Waals surface area contributed by atoms with Crippen molar-refractivity contribution >= 4 is 17.8 Å². The summed E-state index contributed by atoms with van der Waals surface area (Å²) in [5.74, 6) is -1.95. The molecule has 0 fully saturated rings. The fraction of sp³-hybridized carbons (Fsp3) is 0.250. The highest BCUT2D eigenvalue weighted by molar-refractivity contribution is 5.86. The van der Waals surface area contributed by atoms with Gasteiger partial charge in [0.2, 0.25) is 18.3 Å². The van der Waals surface area contributed by atoms with Crippen LogP contribution >= 0.6 is 0 Å². The lowest BCUT2D eigenvalue weighted by atomic mass is 9.87. The molecule has 110 valence electrons. The maximum absolute atomic E-state index is 13.7. The monoisotopic (exact) mass is 290 g/mol. The average molecular weight is 290 g/mol. The summed E-state index contributed by atoms with van der Waals surface area (Å²) in [6.45, 7) is 6.22. The van der Waals surface area contributed by atoms with Crippen molar-refractivity contribution in [3.63, 3.8) is 0 Å². The van der Waals surface area contributed by atoms with E-state index >= 15 is 0 Å². The van der Waals surface area contributed by atoms with Crippen LogP contribution in [-0.4, -0.2) is 11.4 Å². The lowest BCUT2D eigenvalue weighted by Gasteiger charge is -2.22. The second-order valence-corrected chi connectivity index (χ2v) is 5.72. The van der Waals surface area contributed by atoms with Gasteiger partial charge >= 0.3 is 0 Å². The fourth-order valence-corrected chi connectivity index (χ4v) is 1.96. The minimum atomic E-state index is -1.03. The molecular formula is C16H16F2N2O. The fourth-order valence-electron chi connectivity index (χ4n) is 1.96. The number of halogens is 2. The molecule has 0 unspecified atom stereocenters. The Kier molecular flexibility index (Phi) is 4.02. The quantitative estimate of drug-likeness (QED) is 0.633. The van der Waals surface area contributed by atoms with Crippen molar-refractivity contribution in [3.8, 4) is 0 Å². The molecule has 0 atom stereocenters. The van der Waals surface area contributed by atoms with Crippen LogP contribution in [0, 0.1) is 11.9 Å². The van der Waals surface area contributed by atoms with Gasteiger partial charge in [-0.15, -0.1) is 0 Å². The first kappa shape index (κ1) is 15.1. The van der Waals surface area contributed by atoms with Crippen LogP contribution in [0.3, 0.4) is 0 Å². The van der Waals surface area contributed by atoms with Crippen molar-refractivity contribution in [1.29, 1.82) is 0 Å². The smallest absolute Gasteiger partial charge is 0.239 e. The third-order valence-corrected chi connectivity index (χ3v) is 3.17. The number of aromatic nitrogens is 1. The Morgan fingerprint density at radius 2 is 1.67 bits per heavy atom. The zero-order valence-electron chi connectivity index (χ0n) is 12.1. The van der Waals surface area contributed by atoms with E-state index in [4.69, 9.17) is 0 Å². The van der Waals surface area contributed by atoms with Crippen LogP contribution in [0.1, 0.15) is 26.3 Å². The minimum absolute atomic E-state index is 0.0206. The standard InChI is InChI=1S/C16H16F2N2O/c1-16(2,3)11-4-6-12(7-5-11)20(10-21)13-8-9-14(17)19-15(13)18/h4-10H,1-3H3. The topological polar surface area (TPSA) is 33.2 Å². The predicted octanol–water partition coefficient (Wildman–Crippen LogP) is 3.95. The van der Waals surface area contributed by atoms with Gasteiger partial charge in [0.05, 0.1) is 0 Å². The Balaban J connectivity index is 2.40. The highest BCUT2D eigenvalue weighted by Gasteiger charge is 2.17. The van der Waals surface area contributed by atoms with Crippen molar-refractivity contribution in [2.45, 2.75) is 26.2 Å². The number of anilines is 2. The molecule has 0 saturated heterocycles. The maximum atomic E-state index is 13.7. The number of amides is 1. The van der Waals surface area contributed by atoms with Crippen molar-refractivity contribution in [3.05, 3.63) is 53.9 Å². The number of hydrogen-bond acceptors (Lipinski definition) is 2. The van der Waals surface area contributed by atoms with Gasteiger partial charge in [0.15, 0.2) is 0 Å². The molecule has 0 spiro atoms. The lowest BCUT2D eigenvalue weighted by Crippen LogP contribution is -2.17. The second-order valence-electron chi connectivity index (χ2n) is 5.72. The van der Waals surface area contributed by atoms with E-state index in [9.17, 15) is 13.6 Å². The summed E-state index contributed by atoms with van der Waals surface area (Å²) in [4.78, 5) is 15.4. The third-order valence-electron chi connectivity index (χ3n) is 3.17. The zero-order valence-corrected chi connectivity index (χ0v) is 12.1. The van der Waals surface area contributed by atoms with Crippen LogP contribution in [0.25, 0.3) is 0 Å². The van der Waals surface area contributed by atoms with Gasteiger partial charge in [0.25, 0.3) is 0 Å². The van der Waals surface area contributed by atoms with Crippen LogP contribution in [-0.2, 0) is 10.2 Å². The molecule has 21 heavy (non-hydrogen) atoms. The van der Waals surface area contributed by atoms with Crippen molar-refractivity contribution in [1.82, 2.24) is 4.98 Å². The van der Waals surface area contributed by atoms with Gasteiger partial charge in [0, 0.05) is 5.69 Å². The van der Waals surface area contributed by atoms with Crippen LogP contribution in [0.5, 0.6) is 0 Å². The molecule has 1 aromatic heterocycles. The number of hydrogen-bond donors (Lipinski definition) is 0. The van der Waals surface area contributed by atoms with Gasteiger partial charge in [0.1, 0.15) is 5.69 Å². The third kappa shape index (κ3) is 3.24. The number of benzene rings is 1. The van der Waals surface area contributed by atoms with E-state index in [0.29, 0.717) is 12.1 Å². The van der Waals surface area contributed by atoms with Gasteiger partial charge in [-0.25, -0.2) is 0 Å². The molecule has 0 radical (unpaired) electrons. The molecule has 5 heteroatoms. The first-order chi connectivity index (χ1) is 9.82. The molecule has 0 N–H and O–H groups in total. The highest BCUT2D eigenvalue weighted by atomic mass is 19.1. The summed E-state index contributed by atoms with van der Waals surface area (Å²) in [5, 5.41) is 0. The van der Waals surface area contributed by atoms with Crippen LogP contribution in [0.15, 0.2) is 36.4 Å². The molecule has 2 aromatic rings. The summed E-state index contributed by atoms with van der Waals surface area (Å²) < 4.78 is 26.5. The van der Waals surface area contributed by atoms with E-state index in [1.807, 2.05) is 12.1 Å². The molecule has 1 amide bonds. The Hall–Kier alpha value is -2.30. The Morgan fingerprint density at radius 3 is 2.14 bits per heavy atom. The van der Waals surface area contributed by atoms with Crippen LogP contribution in [0.4, 0.5) is 20.2 Å². The van der Waals surface area contributed by atoms with Crippen molar-refractivity contribution in [2.24, 2.45) is 0 Å². The van der Waals surface area contributed by atoms with E-state index in [1.165, 1.54) is 6.07 Å². The number of carbonyl (C=O) groups excluding carboxylic acids is 1. The number of pyridine rings is 1. The van der Waals surface area contributed by atoms with Gasteiger partial charge in [-0.1, -0.05) is 32.9 Å². The van der Waals surface area contributed by atoms with E-state index in [-0.39, 0.29) is 11.1 Å². The normalized spacial score (nSPS) is 11.3. The van der Waals surface area contributed by atoms with E-state index in [1.54, 1.807) is 12.1 Å². The molecule has 0 aliphatic rings. The number of carbonyl (C=O) groups is 1. The second kappa shape index (κ2) is 5.60. The van der Waals surface area contributed by atoms with E-state index < -0.39 is 11.9 Å². The van der Waals surface area contributed by atoms with Crippen molar-refractivity contribution in [2.75, 3.05) is 4.90 Å². The lowest BCUT2D eigenvalue weighted by molar-refractivity contribution is -0.106. The minimum Gasteiger partial charge on any atom is -0.279 e. The summed E-state index contributed by atoms with van der Waals surface area (Å²) in [7, 11) is 0. The molecule has 0 aliphatic heterocycles. The summed E-state index contributed by atoms with van der Waals surface area (Å²) >= 11 is 0. The Labute approximate surface area is 122 Å². The van der Waals surface area contributed by atoms with Gasteiger partial charge in [-0.05, 0) is 35.2 Å². The Bertz CT molecular complexity index is 648. The maximum Gasteiger partial charge on any atom is 0.239 e. The first-order valence-electron chi connectivity index (χ1n) is 6.50. The molecule has 0 saturated carbocycles. The average Bonchev–Trinajstić information content (AvgIpc) is 2.41. The summed E-state index contributed by atoms with van der Waals surface area (Å²) in [6, 6.07) is 9.39. The Morgan fingerprint density at radius 1 is 1.05 bits per heavy atom. The predicted molar refractivity (Wildman–Crippen MR) is 77.5 cm³/mol. The highest BCUT2D eigenvalue weighted by Crippen LogP contribution is 2.29. The van der Waals surface area contributed by atoms with Gasteiger partial charge < -0.3 is 0 Å². The molecule has 3 nitrogen and oxygen atoms in total. The molecular weight excluding hydrogens is 274 g/mol. The van der Waals surface area contributed by atoms with Gasteiger partial charge in [-0.3, -0.25) is 9.69 Å². The van der Waals surface area contributed by atoms with Crippen LogP contribution in [0.2, 0.25) is 0 Å². The molecule has 0 aliphatic carbocycles. The van der Waals surface area contributed by atoms with E-state index in [2.05, 4.69) is 25.8 Å². The molecule has 0 bridgehead atoms. The van der Waals surface area contributed by atoms with Crippen molar-refractivity contribution < 1.29 is 13.6 Å². The van der Waals surface area contributed by atoms with Gasteiger partial charge in [-0.2, -0.15) is 13.8 Å². The number of rotatable bonds is 3. The molecule has 1 aromatic carbocycles. The van der Waals surface area contributed by atoms with Crippen LogP contribution < -0.4 is 4.90 Å². The van der Waals surface area contributed by atoms with E-state index in [0.717, 1.165) is 16.5 Å². The summed E-state index contributed by atoms with van der Waals surface area (Å²) in [5.41, 5.74) is 1.47. The largest absolute Gasteiger partial charge is 0.279 e. The summed E-state index contributed by atoms with van der Waals surface area (Å²) in [6.07, 6.45) is 0.476. The number of nitrogens with zero attached hydrogens (tertiary/aromatic N) is 2. The first-order valence-corrected chi connectivity index (χ1v) is 6.50. The molecule has 2 rings (SSSR count).